The SMILES string of the molecule is NC(=O)CC(NC(=O)CSCc1ccc(Cl)cc1)C(=O)O. The Hall–Kier alpha value is -1.73. The van der Waals surface area contributed by atoms with E-state index in [1.165, 1.54) is 11.8 Å². The Morgan fingerprint density at radius 1 is 1.29 bits per heavy atom. The van der Waals surface area contributed by atoms with Crippen LogP contribution in [-0.4, -0.2) is 34.7 Å². The first-order chi connectivity index (χ1) is 9.88. The van der Waals surface area contributed by atoms with E-state index >= 15 is 0 Å². The van der Waals surface area contributed by atoms with Gasteiger partial charge in [0.1, 0.15) is 6.04 Å². The number of carboxylic acid groups (broad SMARTS) is 1. The van der Waals surface area contributed by atoms with Gasteiger partial charge in [0.25, 0.3) is 0 Å². The Balaban J connectivity index is 2.37. The number of benzene rings is 1. The smallest absolute Gasteiger partial charge is 0.326 e. The van der Waals surface area contributed by atoms with Crippen LogP contribution >= 0.6 is 23.4 Å². The molecule has 0 aromatic heterocycles. The van der Waals surface area contributed by atoms with Crippen molar-refractivity contribution in [1.29, 1.82) is 0 Å². The van der Waals surface area contributed by atoms with Crippen molar-refractivity contribution in [3.05, 3.63) is 34.9 Å². The van der Waals surface area contributed by atoms with Gasteiger partial charge in [0.15, 0.2) is 0 Å². The van der Waals surface area contributed by atoms with E-state index < -0.39 is 30.2 Å². The Labute approximate surface area is 131 Å². The van der Waals surface area contributed by atoms with Crippen LogP contribution in [0.3, 0.4) is 0 Å². The number of rotatable bonds is 8. The Morgan fingerprint density at radius 3 is 2.43 bits per heavy atom. The van der Waals surface area contributed by atoms with Crippen LogP contribution in [0.15, 0.2) is 24.3 Å². The second-order valence-electron chi connectivity index (χ2n) is 4.25. The normalized spacial score (nSPS) is 11.7. The molecule has 0 fully saturated rings. The molecule has 0 aliphatic heterocycles. The van der Waals surface area contributed by atoms with E-state index in [0.717, 1.165) is 5.56 Å². The number of hydrogen-bond donors (Lipinski definition) is 3. The first kappa shape index (κ1) is 17.3. The highest BCUT2D eigenvalue weighted by molar-refractivity contribution is 7.99. The summed E-state index contributed by atoms with van der Waals surface area (Å²) in [5.74, 6) is -1.84. The second-order valence-corrected chi connectivity index (χ2v) is 5.67. The Kier molecular flexibility index (Phi) is 7.04. The third-order valence-corrected chi connectivity index (χ3v) is 3.71. The van der Waals surface area contributed by atoms with Gasteiger partial charge in [-0.3, -0.25) is 9.59 Å². The van der Waals surface area contributed by atoms with E-state index in [4.69, 9.17) is 22.4 Å². The molecule has 1 aromatic rings. The molecule has 2 amide bonds. The quantitative estimate of drug-likeness (QED) is 0.659. The molecule has 1 atom stereocenters. The first-order valence-electron chi connectivity index (χ1n) is 6.01. The zero-order chi connectivity index (χ0) is 15.8. The molecule has 4 N–H and O–H groups in total. The molecule has 1 unspecified atom stereocenters. The topological polar surface area (TPSA) is 109 Å². The lowest BCUT2D eigenvalue weighted by molar-refractivity contribution is -0.143. The molecule has 1 rings (SSSR count). The van der Waals surface area contributed by atoms with Crippen LogP contribution in [-0.2, 0) is 20.1 Å². The van der Waals surface area contributed by atoms with Crippen molar-refractivity contribution < 1.29 is 19.5 Å². The molecule has 1 aromatic carbocycles. The zero-order valence-electron chi connectivity index (χ0n) is 11.0. The van der Waals surface area contributed by atoms with Crippen LogP contribution in [0.25, 0.3) is 0 Å². The Bertz CT molecular complexity index is 521. The summed E-state index contributed by atoms with van der Waals surface area (Å²) >= 11 is 7.09. The fraction of sp³-hybridized carbons (Fsp3) is 0.308. The number of thioether (sulfide) groups is 1. The summed E-state index contributed by atoms with van der Waals surface area (Å²) in [6, 6.07) is 5.92. The standard InChI is InChI=1S/C13H15ClN2O4S/c14-9-3-1-8(2-4-9)6-21-7-12(18)16-10(13(19)20)5-11(15)17/h1-4,10H,5-7H2,(H2,15,17)(H,16,18)(H,19,20). The molecule has 0 radical (unpaired) electrons. The van der Waals surface area contributed by atoms with E-state index in [-0.39, 0.29) is 5.75 Å². The highest BCUT2D eigenvalue weighted by atomic mass is 35.5. The van der Waals surface area contributed by atoms with Gasteiger partial charge >= 0.3 is 5.97 Å². The Morgan fingerprint density at radius 2 is 1.90 bits per heavy atom. The van der Waals surface area contributed by atoms with Crippen molar-refractivity contribution in [2.45, 2.75) is 18.2 Å². The van der Waals surface area contributed by atoms with Crippen LogP contribution in [0.5, 0.6) is 0 Å². The van der Waals surface area contributed by atoms with Gasteiger partial charge in [-0.1, -0.05) is 23.7 Å². The fourth-order valence-corrected chi connectivity index (χ4v) is 2.40. The average Bonchev–Trinajstić information content (AvgIpc) is 2.39. The average molecular weight is 331 g/mol. The van der Waals surface area contributed by atoms with Crippen LogP contribution in [0.1, 0.15) is 12.0 Å². The number of hydrogen-bond acceptors (Lipinski definition) is 4. The minimum absolute atomic E-state index is 0.0885. The largest absolute Gasteiger partial charge is 0.480 e. The van der Waals surface area contributed by atoms with Gasteiger partial charge in [-0.2, -0.15) is 0 Å². The predicted molar refractivity (Wildman–Crippen MR) is 81.0 cm³/mol. The van der Waals surface area contributed by atoms with Gasteiger partial charge < -0.3 is 16.2 Å². The van der Waals surface area contributed by atoms with Crippen LogP contribution < -0.4 is 11.1 Å². The molecule has 0 heterocycles. The van der Waals surface area contributed by atoms with Gasteiger partial charge in [0.05, 0.1) is 12.2 Å². The molecule has 0 spiro atoms. The van der Waals surface area contributed by atoms with Gasteiger partial charge in [-0.25, -0.2) is 4.79 Å². The maximum Gasteiger partial charge on any atom is 0.326 e. The number of amides is 2. The predicted octanol–water partition coefficient (Wildman–Crippen LogP) is 1.02. The molecule has 0 saturated heterocycles. The summed E-state index contributed by atoms with van der Waals surface area (Å²) in [6.07, 6.45) is -0.428. The monoisotopic (exact) mass is 330 g/mol. The number of halogens is 1. The van der Waals surface area contributed by atoms with E-state index in [1.807, 2.05) is 12.1 Å². The molecule has 6 nitrogen and oxygen atoms in total. The van der Waals surface area contributed by atoms with Gasteiger partial charge in [-0.15, -0.1) is 11.8 Å². The molecule has 0 aliphatic carbocycles. The lowest BCUT2D eigenvalue weighted by atomic mass is 10.2. The highest BCUT2D eigenvalue weighted by Gasteiger charge is 2.21. The van der Waals surface area contributed by atoms with E-state index in [0.29, 0.717) is 10.8 Å². The number of nitrogens with one attached hydrogen (secondary N) is 1. The van der Waals surface area contributed by atoms with Gasteiger partial charge in [0, 0.05) is 10.8 Å². The zero-order valence-corrected chi connectivity index (χ0v) is 12.6. The molecule has 0 aliphatic rings. The fourth-order valence-electron chi connectivity index (χ4n) is 1.48. The van der Waals surface area contributed by atoms with Gasteiger partial charge in [-0.05, 0) is 17.7 Å². The van der Waals surface area contributed by atoms with E-state index in [1.54, 1.807) is 12.1 Å². The van der Waals surface area contributed by atoms with Crippen LogP contribution in [0, 0.1) is 0 Å². The van der Waals surface area contributed by atoms with Crippen molar-refractivity contribution in [3.63, 3.8) is 0 Å². The third kappa shape index (κ3) is 7.01. The van der Waals surface area contributed by atoms with Crippen molar-refractivity contribution >= 4 is 41.1 Å². The molecular formula is C13H15ClN2O4S. The highest BCUT2D eigenvalue weighted by Crippen LogP contribution is 2.15. The van der Waals surface area contributed by atoms with E-state index in [2.05, 4.69) is 5.32 Å². The van der Waals surface area contributed by atoms with Crippen molar-refractivity contribution in [3.8, 4) is 0 Å². The lowest BCUT2D eigenvalue weighted by Gasteiger charge is -2.12. The molecule has 0 saturated carbocycles. The molecule has 21 heavy (non-hydrogen) atoms. The molecule has 114 valence electrons. The number of carbonyl (C=O) groups excluding carboxylic acids is 2. The van der Waals surface area contributed by atoms with Crippen LogP contribution in [0.2, 0.25) is 5.02 Å². The maximum atomic E-state index is 11.6. The minimum Gasteiger partial charge on any atom is -0.480 e. The molecular weight excluding hydrogens is 316 g/mol. The summed E-state index contributed by atoms with van der Waals surface area (Å²) in [5.41, 5.74) is 5.93. The molecule has 0 bridgehead atoms. The second kappa shape index (κ2) is 8.53. The van der Waals surface area contributed by atoms with Crippen molar-refractivity contribution in [1.82, 2.24) is 5.32 Å². The van der Waals surface area contributed by atoms with Crippen molar-refractivity contribution in [2.24, 2.45) is 5.73 Å². The summed E-state index contributed by atoms with van der Waals surface area (Å²) < 4.78 is 0. The maximum absolute atomic E-state index is 11.6. The van der Waals surface area contributed by atoms with Crippen molar-refractivity contribution in [2.75, 3.05) is 5.75 Å². The van der Waals surface area contributed by atoms with E-state index in [9.17, 15) is 14.4 Å². The third-order valence-electron chi connectivity index (χ3n) is 2.45. The summed E-state index contributed by atoms with van der Waals surface area (Å²) in [7, 11) is 0. The van der Waals surface area contributed by atoms with Crippen LogP contribution in [0.4, 0.5) is 0 Å². The summed E-state index contributed by atoms with van der Waals surface area (Å²) in [4.78, 5) is 33.2. The van der Waals surface area contributed by atoms with Gasteiger partial charge in [0.2, 0.25) is 11.8 Å². The molecule has 8 heteroatoms. The number of carboxylic acids is 1. The lowest BCUT2D eigenvalue weighted by Crippen LogP contribution is -2.44. The summed E-state index contributed by atoms with van der Waals surface area (Å²) in [5, 5.41) is 11.8. The summed E-state index contributed by atoms with van der Waals surface area (Å²) in [6.45, 7) is 0. The minimum atomic E-state index is -1.29. The number of carbonyl (C=O) groups is 3. The number of aliphatic carboxylic acids is 1. The first-order valence-corrected chi connectivity index (χ1v) is 7.54. The number of nitrogens with two attached hydrogens (primary N) is 1. The number of primary amides is 1.